The molecule has 140 valence electrons. The Bertz CT molecular complexity index is 958. The smallest absolute Gasteiger partial charge is 0.226 e. The topological polar surface area (TPSA) is 65.4 Å². The number of aliphatic hydroxyl groups is 1. The van der Waals surface area contributed by atoms with Crippen LogP contribution in [0.4, 0.5) is 11.8 Å². The number of anilines is 2. The Morgan fingerprint density at radius 2 is 1.89 bits per heavy atom. The van der Waals surface area contributed by atoms with E-state index < -0.39 is 6.10 Å². The molecule has 2 aromatic heterocycles. The summed E-state index contributed by atoms with van der Waals surface area (Å²) in [5, 5.41) is 11.8. The van der Waals surface area contributed by atoms with Crippen LogP contribution in [0.15, 0.2) is 42.5 Å². The number of hydrogen-bond acceptors (Lipinski definition) is 6. The van der Waals surface area contributed by atoms with Gasteiger partial charge >= 0.3 is 0 Å². The van der Waals surface area contributed by atoms with E-state index in [1.165, 1.54) is 0 Å². The monoisotopic (exact) mass is 363 g/mol. The van der Waals surface area contributed by atoms with E-state index in [0.717, 1.165) is 41.1 Å². The average Bonchev–Trinajstić information content (AvgIpc) is 3.01. The maximum Gasteiger partial charge on any atom is 0.226 e. The van der Waals surface area contributed by atoms with Crippen molar-refractivity contribution in [3.8, 4) is 0 Å². The lowest BCUT2D eigenvalue weighted by Crippen LogP contribution is -2.24. The van der Waals surface area contributed by atoms with Gasteiger partial charge in [0.1, 0.15) is 5.82 Å². The number of rotatable bonds is 4. The highest BCUT2D eigenvalue weighted by Gasteiger charge is 2.32. The third-order valence-electron chi connectivity index (χ3n) is 5.09. The fraction of sp³-hybridized carbons (Fsp3) is 0.381. The van der Waals surface area contributed by atoms with Crippen LogP contribution in [0, 0.1) is 12.8 Å². The van der Waals surface area contributed by atoms with E-state index in [1.54, 1.807) is 0 Å². The molecule has 6 heteroatoms. The van der Waals surface area contributed by atoms with Crippen LogP contribution < -0.4 is 9.80 Å². The van der Waals surface area contributed by atoms with Crippen molar-refractivity contribution in [1.29, 1.82) is 0 Å². The van der Waals surface area contributed by atoms with Crippen LogP contribution in [-0.2, 0) is 6.42 Å². The number of pyridine rings is 1. The lowest BCUT2D eigenvalue weighted by atomic mass is 9.99. The van der Waals surface area contributed by atoms with Crippen molar-refractivity contribution in [2.45, 2.75) is 19.4 Å². The fourth-order valence-corrected chi connectivity index (χ4v) is 3.63. The van der Waals surface area contributed by atoms with Crippen molar-refractivity contribution in [2.75, 3.05) is 37.0 Å². The summed E-state index contributed by atoms with van der Waals surface area (Å²) in [6.45, 7) is 3.32. The molecule has 6 nitrogen and oxygen atoms in total. The molecule has 1 aliphatic heterocycles. The second-order valence-electron chi connectivity index (χ2n) is 7.49. The van der Waals surface area contributed by atoms with Gasteiger partial charge in [-0.25, -0.2) is 4.98 Å². The first-order valence-corrected chi connectivity index (χ1v) is 9.30. The molecular formula is C21H25N5O. The molecule has 2 atom stereocenters. The SMILES string of the molecule is Cc1cc(N2CC(O)C(Cc3ccc4ccccc4n3)C2)nc(N(C)C)n1. The molecule has 0 aliphatic carbocycles. The van der Waals surface area contributed by atoms with Crippen LogP contribution in [0.2, 0.25) is 0 Å². The quantitative estimate of drug-likeness (QED) is 0.768. The largest absolute Gasteiger partial charge is 0.391 e. The third kappa shape index (κ3) is 3.71. The number of β-amino-alcohol motifs (C(OH)–C–C–N with tert-alkyl or cyclic N) is 1. The predicted octanol–water partition coefficient (Wildman–Crippen LogP) is 2.44. The summed E-state index contributed by atoms with van der Waals surface area (Å²) in [5.41, 5.74) is 2.95. The van der Waals surface area contributed by atoms with Gasteiger partial charge in [0.2, 0.25) is 5.95 Å². The lowest BCUT2D eigenvalue weighted by Gasteiger charge is -2.20. The summed E-state index contributed by atoms with van der Waals surface area (Å²) in [6, 6.07) is 14.3. The van der Waals surface area contributed by atoms with Gasteiger partial charge in [-0.15, -0.1) is 0 Å². The maximum absolute atomic E-state index is 10.6. The van der Waals surface area contributed by atoms with Crippen molar-refractivity contribution < 1.29 is 5.11 Å². The number of hydrogen-bond donors (Lipinski definition) is 1. The minimum atomic E-state index is -0.392. The summed E-state index contributed by atoms with van der Waals surface area (Å²) in [4.78, 5) is 17.9. The third-order valence-corrected chi connectivity index (χ3v) is 5.09. The van der Waals surface area contributed by atoms with Gasteiger partial charge < -0.3 is 14.9 Å². The Kier molecular flexibility index (Phi) is 4.66. The first-order chi connectivity index (χ1) is 13.0. The van der Waals surface area contributed by atoms with Crippen LogP contribution >= 0.6 is 0 Å². The fourth-order valence-electron chi connectivity index (χ4n) is 3.63. The van der Waals surface area contributed by atoms with Crippen molar-refractivity contribution in [2.24, 2.45) is 5.92 Å². The van der Waals surface area contributed by atoms with Crippen LogP contribution in [0.3, 0.4) is 0 Å². The van der Waals surface area contributed by atoms with Crippen LogP contribution in [0.25, 0.3) is 10.9 Å². The summed E-state index contributed by atoms with van der Waals surface area (Å²) in [7, 11) is 3.87. The van der Waals surface area contributed by atoms with Gasteiger partial charge in [-0.1, -0.05) is 24.3 Å². The Hall–Kier alpha value is -2.73. The number of aryl methyl sites for hydroxylation is 1. The number of para-hydroxylation sites is 1. The molecule has 1 aliphatic rings. The van der Waals surface area contributed by atoms with Crippen LogP contribution in [-0.4, -0.2) is 53.3 Å². The Morgan fingerprint density at radius 1 is 1.07 bits per heavy atom. The Balaban J connectivity index is 1.52. The molecule has 0 radical (unpaired) electrons. The Labute approximate surface area is 159 Å². The molecule has 1 fully saturated rings. The van der Waals surface area contributed by atoms with Gasteiger partial charge in [0, 0.05) is 55.9 Å². The molecule has 2 unspecified atom stereocenters. The number of aliphatic hydroxyl groups excluding tert-OH is 1. The number of fused-ring (bicyclic) bond motifs is 1. The standard InChI is InChI=1S/C21H25N5O/c1-14-10-20(24-21(22-14)25(2)3)26-12-16(19(27)13-26)11-17-9-8-15-6-4-5-7-18(15)23-17/h4-10,16,19,27H,11-13H2,1-3H3. The highest BCUT2D eigenvalue weighted by Crippen LogP contribution is 2.27. The number of benzene rings is 1. The lowest BCUT2D eigenvalue weighted by molar-refractivity contribution is 0.148. The van der Waals surface area contributed by atoms with Crippen molar-refractivity contribution in [3.05, 3.63) is 53.9 Å². The zero-order chi connectivity index (χ0) is 19.0. The molecule has 0 saturated carbocycles. The molecule has 1 saturated heterocycles. The zero-order valence-electron chi connectivity index (χ0n) is 16.0. The van der Waals surface area contributed by atoms with Crippen LogP contribution in [0.5, 0.6) is 0 Å². The molecule has 1 aromatic carbocycles. The normalized spacial score (nSPS) is 19.6. The van der Waals surface area contributed by atoms with Gasteiger partial charge in [0.25, 0.3) is 0 Å². The van der Waals surface area contributed by atoms with Crippen molar-refractivity contribution in [1.82, 2.24) is 15.0 Å². The van der Waals surface area contributed by atoms with Gasteiger partial charge in [-0.2, -0.15) is 4.98 Å². The highest BCUT2D eigenvalue weighted by atomic mass is 16.3. The first kappa shape index (κ1) is 17.7. The van der Waals surface area contributed by atoms with E-state index >= 15 is 0 Å². The second kappa shape index (κ2) is 7.12. The van der Waals surface area contributed by atoms with Crippen LogP contribution in [0.1, 0.15) is 11.4 Å². The van der Waals surface area contributed by atoms with Gasteiger partial charge in [-0.05, 0) is 25.5 Å². The predicted molar refractivity (Wildman–Crippen MR) is 108 cm³/mol. The summed E-state index contributed by atoms with van der Waals surface area (Å²) in [5.74, 6) is 1.70. The molecule has 0 bridgehead atoms. The zero-order valence-corrected chi connectivity index (χ0v) is 16.0. The molecular weight excluding hydrogens is 338 g/mol. The summed E-state index contributed by atoms with van der Waals surface area (Å²) < 4.78 is 0. The van der Waals surface area contributed by atoms with E-state index in [0.29, 0.717) is 12.5 Å². The van der Waals surface area contributed by atoms with E-state index in [9.17, 15) is 5.11 Å². The average molecular weight is 363 g/mol. The van der Waals surface area contributed by atoms with Crippen molar-refractivity contribution >= 4 is 22.7 Å². The molecule has 3 heterocycles. The van der Waals surface area contributed by atoms with Gasteiger partial charge in [-0.3, -0.25) is 4.98 Å². The molecule has 0 spiro atoms. The minimum absolute atomic E-state index is 0.136. The molecule has 27 heavy (non-hydrogen) atoms. The van der Waals surface area contributed by atoms with E-state index in [2.05, 4.69) is 33.1 Å². The van der Waals surface area contributed by atoms with Gasteiger partial charge in [0.05, 0.1) is 11.6 Å². The van der Waals surface area contributed by atoms with E-state index in [1.807, 2.05) is 50.2 Å². The summed E-state index contributed by atoms with van der Waals surface area (Å²) >= 11 is 0. The molecule has 3 aromatic rings. The Morgan fingerprint density at radius 3 is 2.70 bits per heavy atom. The molecule has 0 amide bonds. The van der Waals surface area contributed by atoms with Crippen molar-refractivity contribution in [3.63, 3.8) is 0 Å². The second-order valence-corrected chi connectivity index (χ2v) is 7.49. The van der Waals surface area contributed by atoms with E-state index in [4.69, 9.17) is 4.98 Å². The van der Waals surface area contributed by atoms with Gasteiger partial charge in [0.15, 0.2) is 0 Å². The minimum Gasteiger partial charge on any atom is -0.391 e. The molecule has 1 N–H and O–H groups in total. The number of aromatic nitrogens is 3. The first-order valence-electron chi connectivity index (χ1n) is 9.30. The molecule has 4 rings (SSSR count). The summed E-state index contributed by atoms with van der Waals surface area (Å²) in [6.07, 6.45) is 0.365. The highest BCUT2D eigenvalue weighted by molar-refractivity contribution is 5.78. The van der Waals surface area contributed by atoms with E-state index in [-0.39, 0.29) is 5.92 Å². The number of nitrogens with zero attached hydrogens (tertiary/aromatic N) is 5. The maximum atomic E-state index is 10.6.